The van der Waals surface area contributed by atoms with Gasteiger partial charge in [0.1, 0.15) is 0 Å². The molecule has 2 aromatic rings. The Morgan fingerprint density at radius 1 is 1.16 bits per heavy atom. The third-order valence-corrected chi connectivity index (χ3v) is 3.01. The Labute approximate surface area is 112 Å². The average Bonchev–Trinajstić information content (AvgIpc) is 2.41. The zero-order chi connectivity index (χ0) is 13.8. The number of anilines is 2. The lowest BCUT2D eigenvalue weighted by Gasteiger charge is -2.17. The van der Waals surface area contributed by atoms with Gasteiger partial charge in [0, 0.05) is 11.6 Å². The van der Waals surface area contributed by atoms with Gasteiger partial charge in [0.05, 0.1) is 11.4 Å². The third-order valence-electron chi connectivity index (χ3n) is 3.01. The molecule has 0 radical (unpaired) electrons. The van der Waals surface area contributed by atoms with Crippen LogP contribution in [-0.2, 0) is 0 Å². The molecule has 2 aromatic carbocycles. The van der Waals surface area contributed by atoms with Crippen molar-refractivity contribution in [1.82, 2.24) is 0 Å². The van der Waals surface area contributed by atoms with Crippen LogP contribution in [0, 0.1) is 0 Å². The lowest BCUT2D eigenvalue weighted by Crippen LogP contribution is -2.13. The molecule has 0 saturated heterocycles. The maximum Gasteiger partial charge on any atom is 0.248 e. The van der Waals surface area contributed by atoms with Crippen LogP contribution >= 0.6 is 0 Å². The van der Waals surface area contributed by atoms with Crippen LogP contribution in [0.15, 0.2) is 48.5 Å². The van der Waals surface area contributed by atoms with Gasteiger partial charge in [-0.25, -0.2) is 0 Å². The summed E-state index contributed by atoms with van der Waals surface area (Å²) < 4.78 is 0. The fraction of sp³-hybridized carbons (Fsp3) is 0.133. The largest absolute Gasteiger partial charge is 0.397 e. The molecule has 2 rings (SSSR count). The first-order valence-electron chi connectivity index (χ1n) is 6.08. The fourth-order valence-electron chi connectivity index (χ4n) is 1.91. The van der Waals surface area contributed by atoms with Crippen molar-refractivity contribution in [2.45, 2.75) is 13.0 Å². The summed E-state index contributed by atoms with van der Waals surface area (Å²) in [7, 11) is 0. The molecule has 1 atom stereocenters. The molecule has 0 aliphatic carbocycles. The van der Waals surface area contributed by atoms with E-state index in [0.717, 1.165) is 5.69 Å². The van der Waals surface area contributed by atoms with E-state index < -0.39 is 5.91 Å². The third kappa shape index (κ3) is 3.04. The van der Waals surface area contributed by atoms with E-state index in [0.29, 0.717) is 11.3 Å². The Hall–Kier alpha value is -2.49. The van der Waals surface area contributed by atoms with Gasteiger partial charge in [-0.1, -0.05) is 30.3 Å². The van der Waals surface area contributed by atoms with E-state index in [1.165, 1.54) is 5.56 Å². The minimum atomic E-state index is -0.477. The molecule has 0 aromatic heterocycles. The second kappa shape index (κ2) is 5.44. The van der Waals surface area contributed by atoms with E-state index >= 15 is 0 Å². The van der Waals surface area contributed by atoms with E-state index in [-0.39, 0.29) is 6.04 Å². The minimum Gasteiger partial charge on any atom is -0.397 e. The molecule has 0 heterocycles. The summed E-state index contributed by atoms with van der Waals surface area (Å²) in [5.41, 5.74) is 14.0. The van der Waals surface area contributed by atoms with Crippen LogP contribution in [0.1, 0.15) is 28.9 Å². The van der Waals surface area contributed by atoms with Gasteiger partial charge in [-0.05, 0) is 30.7 Å². The summed E-state index contributed by atoms with van der Waals surface area (Å²) in [6.45, 7) is 2.05. The van der Waals surface area contributed by atoms with Gasteiger partial charge in [-0.3, -0.25) is 4.79 Å². The number of amides is 1. The average molecular weight is 255 g/mol. The van der Waals surface area contributed by atoms with Crippen LogP contribution in [0.2, 0.25) is 0 Å². The Bertz CT molecular complexity index is 581. The van der Waals surface area contributed by atoms with E-state index in [9.17, 15) is 4.79 Å². The van der Waals surface area contributed by atoms with Crippen LogP contribution in [0.4, 0.5) is 11.4 Å². The van der Waals surface area contributed by atoms with Crippen LogP contribution in [-0.4, -0.2) is 5.91 Å². The number of nitrogens with one attached hydrogen (secondary N) is 1. The van der Waals surface area contributed by atoms with Gasteiger partial charge in [-0.2, -0.15) is 0 Å². The fourth-order valence-corrected chi connectivity index (χ4v) is 1.91. The molecule has 19 heavy (non-hydrogen) atoms. The molecule has 4 heteroatoms. The van der Waals surface area contributed by atoms with Crippen molar-refractivity contribution in [3.8, 4) is 0 Å². The second-order valence-corrected chi connectivity index (χ2v) is 4.44. The summed E-state index contributed by atoms with van der Waals surface area (Å²) in [5, 5.41) is 3.32. The molecule has 0 spiro atoms. The molecule has 5 N–H and O–H groups in total. The van der Waals surface area contributed by atoms with E-state index in [1.54, 1.807) is 18.2 Å². The highest BCUT2D eigenvalue weighted by molar-refractivity contribution is 5.94. The predicted molar refractivity (Wildman–Crippen MR) is 77.9 cm³/mol. The van der Waals surface area contributed by atoms with Crippen molar-refractivity contribution in [2.24, 2.45) is 5.73 Å². The number of carbonyl (C=O) groups excluding carboxylic acids is 1. The quantitative estimate of drug-likeness (QED) is 0.734. The Balaban J connectivity index is 2.18. The van der Waals surface area contributed by atoms with Crippen molar-refractivity contribution in [1.29, 1.82) is 0 Å². The number of hydrogen-bond donors (Lipinski definition) is 3. The standard InChI is InChI=1S/C15H17N3O/c1-10(11-5-3-2-4-6-11)18-14-8-7-12(15(17)19)9-13(14)16/h2-10,18H,16H2,1H3,(H2,17,19)/t10-/m0/s1. The van der Waals surface area contributed by atoms with Crippen molar-refractivity contribution >= 4 is 17.3 Å². The number of rotatable bonds is 4. The predicted octanol–water partition coefficient (Wildman–Crippen LogP) is 2.54. The lowest BCUT2D eigenvalue weighted by atomic mass is 10.1. The molecule has 0 aliphatic heterocycles. The molecule has 0 aliphatic rings. The molecule has 98 valence electrons. The SMILES string of the molecule is C[C@H](Nc1ccc(C(N)=O)cc1N)c1ccccc1. The Kier molecular flexibility index (Phi) is 3.71. The minimum absolute atomic E-state index is 0.128. The molecule has 4 nitrogen and oxygen atoms in total. The Morgan fingerprint density at radius 3 is 2.42 bits per heavy atom. The summed E-state index contributed by atoms with van der Waals surface area (Å²) in [5.74, 6) is -0.477. The van der Waals surface area contributed by atoms with Crippen LogP contribution in [0.25, 0.3) is 0 Å². The van der Waals surface area contributed by atoms with Gasteiger partial charge in [0.25, 0.3) is 0 Å². The highest BCUT2D eigenvalue weighted by Crippen LogP contribution is 2.25. The first-order chi connectivity index (χ1) is 9.08. The van der Waals surface area contributed by atoms with E-state index in [2.05, 4.69) is 12.2 Å². The first-order valence-corrected chi connectivity index (χ1v) is 6.08. The molecule has 0 fully saturated rings. The monoisotopic (exact) mass is 255 g/mol. The van der Waals surface area contributed by atoms with Gasteiger partial charge < -0.3 is 16.8 Å². The molecule has 0 unspecified atom stereocenters. The molecule has 1 amide bonds. The summed E-state index contributed by atoms with van der Waals surface area (Å²) >= 11 is 0. The highest BCUT2D eigenvalue weighted by atomic mass is 16.1. The number of nitrogen functional groups attached to an aromatic ring is 1. The van der Waals surface area contributed by atoms with Crippen molar-refractivity contribution in [2.75, 3.05) is 11.1 Å². The lowest BCUT2D eigenvalue weighted by molar-refractivity contribution is 0.100. The van der Waals surface area contributed by atoms with Gasteiger partial charge >= 0.3 is 0 Å². The summed E-state index contributed by atoms with van der Waals surface area (Å²) in [6.07, 6.45) is 0. The van der Waals surface area contributed by atoms with Crippen LogP contribution < -0.4 is 16.8 Å². The van der Waals surface area contributed by atoms with Crippen molar-refractivity contribution < 1.29 is 4.79 Å². The second-order valence-electron chi connectivity index (χ2n) is 4.44. The zero-order valence-corrected chi connectivity index (χ0v) is 10.8. The number of carbonyl (C=O) groups is 1. The molecule has 0 bridgehead atoms. The Morgan fingerprint density at radius 2 is 1.84 bits per heavy atom. The van der Waals surface area contributed by atoms with Gasteiger partial charge in [0.2, 0.25) is 5.91 Å². The van der Waals surface area contributed by atoms with Gasteiger partial charge in [0.15, 0.2) is 0 Å². The van der Waals surface area contributed by atoms with Crippen molar-refractivity contribution in [3.05, 3.63) is 59.7 Å². The number of nitrogens with two attached hydrogens (primary N) is 2. The summed E-state index contributed by atoms with van der Waals surface area (Å²) in [6, 6.07) is 15.2. The smallest absolute Gasteiger partial charge is 0.248 e. The normalized spacial score (nSPS) is 11.8. The maximum atomic E-state index is 11.1. The maximum absolute atomic E-state index is 11.1. The molecular weight excluding hydrogens is 238 g/mol. The highest BCUT2D eigenvalue weighted by Gasteiger charge is 2.08. The number of hydrogen-bond acceptors (Lipinski definition) is 3. The molecular formula is C15H17N3O. The van der Waals surface area contributed by atoms with E-state index in [1.807, 2.05) is 30.3 Å². The van der Waals surface area contributed by atoms with Crippen LogP contribution in [0.5, 0.6) is 0 Å². The number of primary amides is 1. The molecule has 0 saturated carbocycles. The zero-order valence-electron chi connectivity index (χ0n) is 10.8. The van der Waals surface area contributed by atoms with Crippen LogP contribution in [0.3, 0.4) is 0 Å². The number of benzene rings is 2. The first kappa shape index (κ1) is 13.0. The van der Waals surface area contributed by atoms with Crippen molar-refractivity contribution in [3.63, 3.8) is 0 Å². The van der Waals surface area contributed by atoms with E-state index in [4.69, 9.17) is 11.5 Å². The van der Waals surface area contributed by atoms with Gasteiger partial charge in [-0.15, -0.1) is 0 Å². The summed E-state index contributed by atoms with van der Waals surface area (Å²) in [4.78, 5) is 11.1. The topological polar surface area (TPSA) is 81.1 Å².